The number of rotatable bonds is 5. The van der Waals surface area contributed by atoms with E-state index in [1.165, 1.54) is 6.42 Å². The summed E-state index contributed by atoms with van der Waals surface area (Å²) in [6.45, 7) is 7.90. The number of carbonyl (C=O) groups is 1. The molecule has 0 saturated heterocycles. The fraction of sp³-hybridized carbons (Fsp3) is 0.667. The second-order valence-electron chi connectivity index (χ2n) is 6.36. The van der Waals surface area contributed by atoms with Crippen molar-refractivity contribution in [3.8, 4) is 0 Å². The van der Waals surface area contributed by atoms with E-state index in [0.29, 0.717) is 18.8 Å². The maximum absolute atomic E-state index is 11.6. The summed E-state index contributed by atoms with van der Waals surface area (Å²) in [5, 5.41) is 0. The van der Waals surface area contributed by atoms with E-state index in [4.69, 9.17) is 9.25 Å². The molecule has 0 aromatic carbocycles. The van der Waals surface area contributed by atoms with Crippen LogP contribution >= 0.6 is 0 Å². The monoisotopic (exact) mass is 265 g/mol. The Kier molecular flexibility index (Phi) is 3.99. The zero-order valence-corrected chi connectivity index (χ0v) is 12.2. The molecule has 4 heteroatoms. The number of aryl methyl sites for hydroxylation is 1. The summed E-state index contributed by atoms with van der Waals surface area (Å²) >= 11 is 0. The number of hydroxylamine groups is 1. The van der Waals surface area contributed by atoms with Gasteiger partial charge in [0, 0.05) is 18.8 Å². The van der Waals surface area contributed by atoms with Gasteiger partial charge in [-0.1, -0.05) is 6.92 Å². The summed E-state index contributed by atoms with van der Waals surface area (Å²) in [6, 6.07) is 4.01. The lowest BCUT2D eigenvalue weighted by Gasteiger charge is -2.18. The molecule has 1 fully saturated rings. The molecule has 2 atom stereocenters. The molecule has 2 rings (SSSR count). The highest BCUT2D eigenvalue weighted by molar-refractivity contribution is 5.74. The van der Waals surface area contributed by atoms with Crippen LogP contribution in [0.4, 0.5) is 0 Å². The van der Waals surface area contributed by atoms with Gasteiger partial charge in [-0.2, -0.15) is 0 Å². The minimum absolute atomic E-state index is 0.118. The highest BCUT2D eigenvalue weighted by Crippen LogP contribution is 2.47. The molecule has 1 amide bonds. The van der Waals surface area contributed by atoms with Crippen LogP contribution in [0.2, 0.25) is 0 Å². The molecule has 1 heterocycles. The first kappa shape index (κ1) is 14.1. The van der Waals surface area contributed by atoms with Gasteiger partial charge in [0.25, 0.3) is 0 Å². The quantitative estimate of drug-likeness (QED) is 0.832. The van der Waals surface area contributed by atoms with Gasteiger partial charge >= 0.3 is 0 Å². The molecule has 1 aromatic rings. The predicted molar refractivity (Wildman–Crippen MR) is 72.5 cm³/mol. The van der Waals surface area contributed by atoms with Crippen molar-refractivity contribution in [2.45, 2.75) is 58.5 Å². The molecule has 106 valence electrons. The Morgan fingerprint density at radius 3 is 2.74 bits per heavy atom. The van der Waals surface area contributed by atoms with E-state index in [-0.39, 0.29) is 11.5 Å². The largest absolute Gasteiger partial charge is 0.466 e. The molecule has 0 aliphatic heterocycles. The molecule has 0 radical (unpaired) electrons. The summed E-state index contributed by atoms with van der Waals surface area (Å²) in [5.41, 5.74) is 2.10. The molecule has 0 bridgehead atoms. The van der Waals surface area contributed by atoms with Gasteiger partial charge in [-0.15, -0.1) is 0 Å². The Bertz CT molecular complexity index is 444. The molecule has 1 aromatic heterocycles. The van der Waals surface area contributed by atoms with Crippen molar-refractivity contribution in [2.24, 2.45) is 5.92 Å². The number of furan rings is 1. The average Bonchev–Trinajstić information content (AvgIpc) is 2.88. The van der Waals surface area contributed by atoms with Gasteiger partial charge in [-0.05, 0) is 45.2 Å². The highest BCUT2D eigenvalue weighted by atomic mass is 16.7. The van der Waals surface area contributed by atoms with Crippen molar-refractivity contribution < 1.29 is 14.0 Å². The van der Waals surface area contributed by atoms with Crippen LogP contribution in [0.5, 0.6) is 0 Å². The second-order valence-corrected chi connectivity index (χ2v) is 6.36. The fourth-order valence-corrected chi connectivity index (χ4v) is 1.94. The van der Waals surface area contributed by atoms with E-state index in [1.807, 2.05) is 32.9 Å². The zero-order valence-electron chi connectivity index (χ0n) is 12.2. The first-order chi connectivity index (χ1) is 8.85. The first-order valence-electron chi connectivity index (χ1n) is 6.90. The van der Waals surface area contributed by atoms with Crippen LogP contribution in [0.25, 0.3) is 0 Å². The number of hydrogen-bond acceptors (Lipinski definition) is 3. The normalized spacial score (nSPS) is 22.3. The summed E-state index contributed by atoms with van der Waals surface area (Å²) in [5.74, 6) is 3.15. The first-order valence-corrected chi connectivity index (χ1v) is 6.90. The van der Waals surface area contributed by atoms with Gasteiger partial charge in [-0.25, -0.2) is 5.48 Å². The van der Waals surface area contributed by atoms with Crippen LogP contribution < -0.4 is 5.48 Å². The van der Waals surface area contributed by atoms with E-state index in [1.54, 1.807) is 0 Å². The molecule has 1 saturated carbocycles. The number of carbonyl (C=O) groups excluding carboxylic acids is 1. The SMILES string of the molecule is CC1CC1c1ccc(CCC(=O)NOC(C)(C)C)o1. The number of nitrogens with one attached hydrogen (secondary N) is 1. The Labute approximate surface area is 114 Å². The van der Waals surface area contributed by atoms with Gasteiger partial charge in [0.15, 0.2) is 0 Å². The Hall–Kier alpha value is -1.29. The van der Waals surface area contributed by atoms with Gasteiger partial charge in [0.1, 0.15) is 11.5 Å². The lowest BCUT2D eigenvalue weighted by Crippen LogP contribution is -2.33. The lowest BCUT2D eigenvalue weighted by molar-refractivity contribution is -0.145. The molecular formula is C15H23NO3. The third-order valence-electron chi connectivity index (χ3n) is 3.23. The van der Waals surface area contributed by atoms with E-state index in [0.717, 1.165) is 17.4 Å². The smallest absolute Gasteiger partial charge is 0.244 e. The van der Waals surface area contributed by atoms with Crippen molar-refractivity contribution in [2.75, 3.05) is 0 Å². The second kappa shape index (κ2) is 5.37. The van der Waals surface area contributed by atoms with Crippen molar-refractivity contribution >= 4 is 5.91 Å². The van der Waals surface area contributed by atoms with E-state index < -0.39 is 0 Å². The topological polar surface area (TPSA) is 51.5 Å². The Morgan fingerprint density at radius 2 is 2.16 bits per heavy atom. The summed E-state index contributed by atoms with van der Waals surface area (Å²) in [4.78, 5) is 16.8. The maximum atomic E-state index is 11.6. The molecule has 19 heavy (non-hydrogen) atoms. The predicted octanol–water partition coefficient (Wildman–Crippen LogP) is 3.18. The third kappa shape index (κ3) is 4.39. The van der Waals surface area contributed by atoms with Crippen LogP contribution in [0.15, 0.2) is 16.5 Å². The molecule has 1 aliphatic rings. The van der Waals surface area contributed by atoms with E-state index in [2.05, 4.69) is 12.4 Å². The summed E-state index contributed by atoms with van der Waals surface area (Å²) < 4.78 is 5.75. The van der Waals surface area contributed by atoms with Crippen molar-refractivity contribution in [3.63, 3.8) is 0 Å². The average molecular weight is 265 g/mol. The third-order valence-corrected chi connectivity index (χ3v) is 3.23. The van der Waals surface area contributed by atoms with E-state index >= 15 is 0 Å². The van der Waals surface area contributed by atoms with Gasteiger partial charge in [-0.3, -0.25) is 9.63 Å². The van der Waals surface area contributed by atoms with Gasteiger partial charge in [0.2, 0.25) is 5.91 Å². The van der Waals surface area contributed by atoms with Crippen LogP contribution in [-0.2, 0) is 16.1 Å². The van der Waals surface area contributed by atoms with Crippen molar-refractivity contribution in [1.82, 2.24) is 5.48 Å². The highest BCUT2D eigenvalue weighted by Gasteiger charge is 2.36. The van der Waals surface area contributed by atoms with Gasteiger partial charge in [0.05, 0.1) is 5.60 Å². The van der Waals surface area contributed by atoms with Crippen LogP contribution in [-0.4, -0.2) is 11.5 Å². The lowest BCUT2D eigenvalue weighted by atomic mass is 10.2. The van der Waals surface area contributed by atoms with Crippen LogP contribution in [0.3, 0.4) is 0 Å². The Morgan fingerprint density at radius 1 is 1.47 bits per heavy atom. The van der Waals surface area contributed by atoms with Crippen molar-refractivity contribution in [1.29, 1.82) is 0 Å². The number of hydrogen-bond donors (Lipinski definition) is 1. The number of amides is 1. The summed E-state index contributed by atoms with van der Waals surface area (Å²) in [7, 11) is 0. The Balaban J connectivity index is 1.73. The maximum Gasteiger partial charge on any atom is 0.244 e. The summed E-state index contributed by atoms with van der Waals surface area (Å²) in [6.07, 6.45) is 2.20. The molecular weight excluding hydrogens is 242 g/mol. The fourth-order valence-electron chi connectivity index (χ4n) is 1.94. The molecule has 0 spiro atoms. The minimum Gasteiger partial charge on any atom is -0.466 e. The molecule has 1 N–H and O–H groups in total. The minimum atomic E-state index is -0.365. The van der Waals surface area contributed by atoms with Crippen LogP contribution in [0.1, 0.15) is 58.0 Å². The molecule has 2 unspecified atom stereocenters. The van der Waals surface area contributed by atoms with Crippen LogP contribution in [0, 0.1) is 5.92 Å². The van der Waals surface area contributed by atoms with E-state index in [9.17, 15) is 4.79 Å². The zero-order chi connectivity index (χ0) is 14.0. The van der Waals surface area contributed by atoms with Gasteiger partial charge < -0.3 is 4.42 Å². The molecule has 4 nitrogen and oxygen atoms in total. The van der Waals surface area contributed by atoms with Crippen molar-refractivity contribution in [3.05, 3.63) is 23.7 Å². The standard InChI is InChI=1S/C15H23NO3/c1-10-9-12(10)13-7-5-11(18-13)6-8-14(17)16-19-15(2,3)4/h5,7,10,12H,6,8-9H2,1-4H3,(H,16,17). The molecule has 1 aliphatic carbocycles.